The van der Waals surface area contributed by atoms with E-state index in [0.717, 1.165) is 22.2 Å². The number of amides is 1. The molecule has 0 aliphatic heterocycles. The number of hydrogen-bond donors (Lipinski definition) is 1. The van der Waals surface area contributed by atoms with Gasteiger partial charge in [0.25, 0.3) is 5.91 Å². The highest BCUT2D eigenvalue weighted by Gasteiger charge is 2.18. The summed E-state index contributed by atoms with van der Waals surface area (Å²) < 4.78 is 38.3. The summed E-state index contributed by atoms with van der Waals surface area (Å²) in [5.74, 6) is -0.800. The second-order valence-electron chi connectivity index (χ2n) is 5.39. The maximum Gasteiger partial charge on any atom is 0.251 e. The number of hydrogen-bond acceptors (Lipinski definition) is 3. The highest BCUT2D eigenvalue weighted by atomic mass is 32.2. The largest absolute Gasteiger partial charge is 0.350 e. The number of carbonyl (C=O) groups is 1. The van der Waals surface area contributed by atoms with E-state index in [1.54, 1.807) is 12.1 Å². The van der Waals surface area contributed by atoms with Crippen LogP contribution in [0.3, 0.4) is 0 Å². The Labute approximate surface area is 141 Å². The number of carbonyl (C=O) groups excluding carboxylic acids is 1. The van der Waals surface area contributed by atoms with Gasteiger partial charge >= 0.3 is 0 Å². The number of sulfonamides is 1. The Kier molecular flexibility index (Phi) is 5.56. The summed E-state index contributed by atoms with van der Waals surface area (Å²) in [6.45, 7) is 1.95. The van der Waals surface area contributed by atoms with Crippen LogP contribution in [-0.2, 0) is 10.0 Å². The van der Waals surface area contributed by atoms with Gasteiger partial charge in [-0.15, -0.1) is 0 Å². The molecule has 0 heterocycles. The van der Waals surface area contributed by atoms with Gasteiger partial charge < -0.3 is 5.32 Å². The van der Waals surface area contributed by atoms with E-state index in [1.165, 1.54) is 18.2 Å². The zero-order valence-electron chi connectivity index (χ0n) is 13.5. The van der Waals surface area contributed by atoms with Crippen LogP contribution in [-0.4, -0.2) is 33.7 Å². The van der Waals surface area contributed by atoms with Gasteiger partial charge in [0, 0.05) is 12.1 Å². The summed E-state index contributed by atoms with van der Waals surface area (Å²) in [4.78, 5) is 12.1. The van der Waals surface area contributed by atoms with Crippen molar-refractivity contribution in [3.8, 4) is 0 Å². The van der Waals surface area contributed by atoms with Gasteiger partial charge in [-0.2, -0.15) is 0 Å². The first kappa shape index (κ1) is 17.9. The number of halogens is 1. The third-order valence-corrected chi connectivity index (χ3v) is 4.68. The van der Waals surface area contributed by atoms with E-state index in [4.69, 9.17) is 0 Å². The molecular weight excluding hydrogens is 331 g/mol. The fraction of sp³-hybridized carbons (Fsp3) is 0.235. The van der Waals surface area contributed by atoms with Crippen LogP contribution in [0.1, 0.15) is 15.9 Å². The molecule has 5 nitrogen and oxygen atoms in total. The molecule has 0 radical (unpaired) electrons. The van der Waals surface area contributed by atoms with E-state index in [0.29, 0.717) is 5.56 Å². The van der Waals surface area contributed by atoms with Crippen LogP contribution < -0.4 is 9.62 Å². The highest BCUT2D eigenvalue weighted by molar-refractivity contribution is 7.92. The van der Waals surface area contributed by atoms with E-state index < -0.39 is 15.8 Å². The van der Waals surface area contributed by atoms with Gasteiger partial charge in [-0.25, -0.2) is 12.8 Å². The van der Waals surface area contributed by atoms with E-state index in [2.05, 4.69) is 5.32 Å². The smallest absolute Gasteiger partial charge is 0.251 e. The number of aryl methyl sites for hydroxylation is 1. The van der Waals surface area contributed by atoms with Crippen molar-refractivity contribution in [2.45, 2.75) is 6.92 Å². The zero-order valence-corrected chi connectivity index (χ0v) is 14.3. The molecule has 0 saturated carbocycles. The van der Waals surface area contributed by atoms with Crippen molar-refractivity contribution in [2.24, 2.45) is 0 Å². The fourth-order valence-corrected chi connectivity index (χ4v) is 3.23. The normalized spacial score (nSPS) is 11.1. The molecule has 2 aromatic carbocycles. The Morgan fingerprint density at radius 2 is 1.88 bits per heavy atom. The summed E-state index contributed by atoms with van der Waals surface area (Å²) in [6, 6.07) is 12.4. The van der Waals surface area contributed by atoms with Crippen LogP contribution in [0.2, 0.25) is 0 Å². The molecule has 0 bridgehead atoms. The lowest BCUT2D eigenvalue weighted by Gasteiger charge is -2.22. The van der Waals surface area contributed by atoms with Crippen molar-refractivity contribution < 1.29 is 17.6 Å². The number of anilines is 1. The molecule has 0 unspecified atom stereocenters. The summed E-state index contributed by atoms with van der Waals surface area (Å²) in [5.41, 5.74) is 1.59. The van der Waals surface area contributed by atoms with Gasteiger partial charge in [0.1, 0.15) is 5.82 Å². The molecule has 1 amide bonds. The third-order valence-electron chi connectivity index (χ3n) is 3.49. The van der Waals surface area contributed by atoms with Gasteiger partial charge in [-0.05, 0) is 36.8 Å². The van der Waals surface area contributed by atoms with Crippen molar-refractivity contribution in [3.63, 3.8) is 0 Å². The average molecular weight is 350 g/mol. The molecule has 0 saturated heterocycles. The first-order chi connectivity index (χ1) is 11.3. The highest BCUT2D eigenvalue weighted by Crippen LogP contribution is 2.18. The number of rotatable bonds is 6. The molecule has 0 spiro atoms. The van der Waals surface area contributed by atoms with Crippen LogP contribution in [0, 0.1) is 12.7 Å². The van der Waals surface area contributed by atoms with E-state index >= 15 is 0 Å². The molecule has 0 aliphatic carbocycles. The zero-order chi connectivity index (χ0) is 17.7. The molecule has 128 valence electrons. The Hall–Kier alpha value is -2.41. The predicted octanol–water partition coefficient (Wildman–Crippen LogP) is 2.33. The second kappa shape index (κ2) is 7.44. The van der Waals surface area contributed by atoms with E-state index in [-0.39, 0.29) is 24.7 Å². The molecule has 24 heavy (non-hydrogen) atoms. The molecule has 0 atom stereocenters. The van der Waals surface area contributed by atoms with Gasteiger partial charge in [0.05, 0.1) is 18.5 Å². The van der Waals surface area contributed by atoms with Gasteiger partial charge in [-0.1, -0.05) is 24.3 Å². The maximum atomic E-state index is 13.3. The lowest BCUT2D eigenvalue weighted by Crippen LogP contribution is -2.38. The first-order valence-electron chi connectivity index (χ1n) is 7.36. The summed E-state index contributed by atoms with van der Waals surface area (Å²) >= 11 is 0. The molecule has 0 aromatic heterocycles. The van der Waals surface area contributed by atoms with E-state index in [9.17, 15) is 17.6 Å². The molecule has 7 heteroatoms. The minimum Gasteiger partial charge on any atom is -0.350 e. The molecule has 1 N–H and O–H groups in total. The van der Waals surface area contributed by atoms with Crippen LogP contribution in [0.4, 0.5) is 10.1 Å². The molecule has 2 aromatic rings. The average Bonchev–Trinajstić information content (AvgIpc) is 2.50. The quantitative estimate of drug-likeness (QED) is 0.869. The molecule has 2 rings (SSSR count). The fourth-order valence-electron chi connectivity index (χ4n) is 2.31. The van der Waals surface area contributed by atoms with Crippen molar-refractivity contribution in [3.05, 3.63) is 65.5 Å². The van der Waals surface area contributed by atoms with Gasteiger partial charge in [0.2, 0.25) is 10.0 Å². The first-order valence-corrected chi connectivity index (χ1v) is 9.21. The van der Waals surface area contributed by atoms with Crippen LogP contribution in [0.5, 0.6) is 0 Å². The number of nitrogens with one attached hydrogen (secondary N) is 1. The Balaban J connectivity index is 2.07. The van der Waals surface area contributed by atoms with Crippen molar-refractivity contribution in [1.29, 1.82) is 0 Å². The van der Waals surface area contributed by atoms with Crippen molar-refractivity contribution in [2.75, 3.05) is 23.7 Å². The summed E-state index contributed by atoms with van der Waals surface area (Å²) in [7, 11) is -3.59. The van der Waals surface area contributed by atoms with Crippen LogP contribution >= 0.6 is 0 Å². The molecule has 0 fully saturated rings. The lowest BCUT2D eigenvalue weighted by atomic mass is 10.1. The Morgan fingerprint density at radius 1 is 1.17 bits per heavy atom. The van der Waals surface area contributed by atoms with Crippen LogP contribution in [0.15, 0.2) is 48.5 Å². The minimum atomic E-state index is -3.59. The maximum absolute atomic E-state index is 13.3. The number of benzene rings is 2. The lowest BCUT2D eigenvalue weighted by molar-refractivity contribution is 0.0954. The number of nitrogens with zero attached hydrogens (tertiary/aromatic N) is 1. The van der Waals surface area contributed by atoms with Crippen molar-refractivity contribution in [1.82, 2.24) is 5.32 Å². The minimum absolute atomic E-state index is 0.0138. The van der Waals surface area contributed by atoms with Crippen LogP contribution in [0.25, 0.3) is 0 Å². The SMILES string of the molecule is Cc1ccccc1C(=O)NCCN(c1cccc(F)c1)S(C)(=O)=O. The van der Waals surface area contributed by atoms with Gasteiger partial charge in [0.15, 0.2) is 0 Å². The van der Waals surface area contributed by atoms with Gasteiger partial charge in [-0.3, -0.25) is 9.10 Å². The van der Waals surface area contributed by atoms with Crippen molar-refractivity contribution >= 4 is 21.6 Å². The Bertz CT molecular complexity index is 837. The monoisotopic (exact) mass is 350 g/mol. The molecular formula is C17H19FN2O3S. The third kappa shape index (κ3) is 4.55. The predicted molar refractivity (Wildman–Crippen MR) is 92.1 cm³/mol. The second-order valence-corrected chi connectivity index (χ2v) is 7.29. The standard InChI is InChI=1S/C17H19FN2O3S/c1-13-6-3-4-9-16(13)17(21)19-10-11-20(24(2,22)23)15-8-5-7-14(18)12-15/h3-9,12H,10-11H2,1-2H3,(H,19,21). The topological polar surface area (TPSA) is 66.5 Å². The van der Waals surface area contributed by atoms with E-state index in [1.807, 2.05) is 19.1 Å². The summed E-state index contributed by atoms with van der Waals surface area (Å²) in [6.07, 6.45) is 1.04. The Morgan fingerprint density at radius 3 is 2.50 bits per heavy atom. The molecule has 0 aliphatic rings. The summed E-state index contributed by atoms with van der Waals surface area (Å²) in [5, 5.41) is 2.69.